The number of aromatic nitrogens is 2. The largest absolute Gasteiger partial charge is 0.493 e. The number of hydrogen-bond acceptors (Lipinski definition) is 5. The van der Waals surface area contributed by atoms with Crippen molar-refractivity contribution in [1.82, 2.24) is 14.7 Å². The predicted molar refractivity (Wildman–Crippen MR) is 126 cm³/mol. The lowest BCUT2D eigenvalue weighted by molar-refractivity contribution is -0.133. The number of amides is 1. The molecule has 0 bridgehead atoms. The summed E-state index contributed by atoms with van der Waals surface area (Å²) in [6.45, 7) is 5.56. The minimum atomic E-state index is 0.0727. The first-order valence-electron chi connectivity index (χ1n) is 11.4. The fourth-order valence-electron chi connectivity index (χ4n) is 4.08. The van der Waals surface area contributed by atoms with Crippen molar-refractivity contribution in [3.05, 3.63) is 65.9 Å². The van der Waals surface area contributed by atoms with Crippen LogP contribution in [0, 0.1) is 6.92 Å². The highest BCUT2D eigenvalue weighted by atomic mass is 16.5. The number of carbonyl (C=O) groups is 1. The molecule has 0 N–H and O–H groups in total. The third-order valence-electron chi connectivity index (χ3n) is 5.87. The second-order valence-electron chi connectivity index (χ2n) is 8.13. The summed E-state index contributed by atoms with van der Waals surface area (Å²) >= 11 is 0. The summed E-state index contributed by atoms with van der Waals surface area (Å²) in [5.74, 6) is 1.87. The van der Waals surface area contributed by atoms with Gasteiger partial charge in [0.15, 0.2) is 11.5 Å². The molecule has 174 valence electrons. The Morgan fingerprint density at radius 3 is 2.55 bits per heavy atom. The molecule has 2 aromatic carbocycles. The molecule has 0 spiro atoms. The zero-order valence-electron chi connectivity index (χ0n) is 19.5. The van der Waals surface area contributed by atoms with Gasteiger partial charge in [-0.3, -0.25) is 4.79 Å². The van der Waals surface area contributed by atoms with E-state index in [0.717, 1.165) is 36.4 Å². The second-order valence-corrected chi connectivity index (χ2v) is 8.13. The number of para-hydroxylation sites is 3. The zero-order valence-corrected chi connectivity index (χ0v) is 19.5. The van der Waals surface area contributed by atoms with Crippen molar-refractivity contribution in [2.45, 2.75) is 45.8 Å². The molecule has 33 heavy (non-hydrogen) atoms. The Hall–Kier alpha value is -3.32. The monoisotopic (exact) mass is 449 g/mol. The van der Waals surface area contributed by atoms with Gasteiger partial charge in [0.25, 0.3) is 0 Å². The van der Waals surface area contributed by atoms with E-state index < -0.39 is 0 Å². The van der Waals surface area contributed by atoms with Crippen LogP contribution in [0.15, 0.2) is 54.6 Å². The molecule has 4 rings (SSSR count). The minimum Gasteiger partial charge on any atom is -0.493 e. The number of methoxy groups -OCH3 is 1. The maximum Gasteiger partial charge on any atom is 0.228 e. The number of ether oxygens (including phenoxy) is 3. The first-order valence-corrected chi connectivity index (χ1v) is 11.4. The lowest BCUT2D eigenvalue weighted by Gasteiger charge is -2.25. The quantitative estimate of drug-likeness (QED) is 0.465. The molecule has 0 aliphatic carbocycles. The average Bonchev–Trinajstić information content (AvgIpc) is 3.47. The van der Waals surface area contributed by atoms with Crippen LogP contribution in [0.4, 0.5) is 0 Å². The van der Waals surface area contributed by atoms with Crippen molar-refractivity contribution in [1.29, 1.82) is 0 Å². The lowest BCUT2D eigenvalue weighted by Crippen LogP contribution is -2.36. The molecule has 1 atom stereocenters. The van der Waals surface area contributed by atoms with E-state index in [1.165, 1.54) is 0 Å². The van der Waals surface area contributed by atoms with E-state index in [9.17, 15) is 4.79 Å². The fraction of sp³-hybridized carbons (Fsp3) is 0.385. The van der Waals surface area contributed by atoms with E-state index in [2.05, 4.69) is 0 Å². The van der Waals surface area contributed by atoms with Crippen molar-refractivity contribution in [2.24, 2.45) is 0 Å². The molecule has 1 amide bonds. The van der Waals surface area contributed by atoms with Gasteiger partial charge in [0, 0.05) is 19.6 Å². The van der Waals surface area contributed by atoms with Gasteiger partial charge in [-0.1, -0.05) is 37.3 Å². The van der Waals surface area contributed by atoms with E-state index >= 15 is 0 Å². The topological polar surface area (TPSA) is 65.8 Å². The Bertz CT molecular complexity index is 1070. The summed E-state index contributed by atoms with van der Waals surface area (Å²) in [5, 5.41) is 4.78. The Morgan fingerprint density at radius 2 is 1.88 bits per heavy atom. The van der Waals surface area contributed by atoms with Gasteiger partial charge >= 0.3 is 0 Å². The maximum atomic E-state index is 12.8. The van der Waals surface area contributed by atoms with E-state index in [0.29, 0.717) is 36.9 Å². The summed E-state index contributed by atoms with van der Waals surface area (Å²) in [7, 11) is 1.62. The summed E-state index contributed by atoms with van der Waals surface area (Å²) in [4.78, 5) is 14.7. The molecule has 2 heterocycles. The van der Waals surface area contributed by atoms with Gasteiger partial charge in [-0.25, -0.2) is 4.68 Å². The summed E-state index contributed by atoms with van der Waals surface area (Å²) in [6, 6.07) is 17.4. The SMILES string of the molecule is CCC(=O)N(Cc1c(C)nn(-c2ccccc2)c1Oc1ccccc1OC)C[C@H]1CCCO1. The van der Waals surface area contributed by atoms with Gasteiger partial charge < -0.3 is 19.1 Å². The molecule has 1 saturated heterocycles. The van der Waals surface area contributed by atoms with Crippen LogP contribution in [0.2, 0.25) is 0 Å². The van der Waals surface area contributed by atoms with Crippen molar-refractivity contribution in [2.75, 3.05) is 20.3 Å². The Morgan fingerprint density at radius 1 is 1.15 bits per heavy atom. The highest BCUT2D eigenvalue weighted by molar-refractivity contribution is 5.76. The van der Waals surface area contributed by atoms with E-state index in [4.69, 9.17) is 19.3 Å². The van der Waals surface area contributed by atoms with Crippen LogP contribution in [-0.2, 0) is 16.1 Å². The molecule has 1 aromatic heterocycles. The smallest absolute Gasteiger partial charge is 0.228 e. The molecule has 1 fully saturated rings. The third kappa shape index (κ3) is 5.20. The Kier molecular flexibility index (Phi) is 7.29. The Labute approximate surface area is 194 Å². The number of aryl methyl sites for hydroxylation is 1. The van der Waals surface area contributed by atoms with Gasteiger partial charge in [-0.15, -0.1) is 0 Å². The van der Waals surface area contributed by atoms with Gasteiger partial charge in [0.05, 0.1) is 36.7 Å². The highest BCUT2D eigenvalue weighted by Crippen LogP contribution is 2.36. The number of rotatable bonds is 9. The molecule has 0 radical (unpaired) electrons. The van der Waals surface area contributed by atoms with Crippen LogP contribution in [0.1, 0.15) is 37.4 Å². The van der Waals surface area contributed by atoms with Gasteiger partial charge in [0.2, 0.25) is 11.8 Å². The first-order chi connectivity index (χ1) is 16.1. The predicted octanol–water partition coefficient (Wildman–Crippen LogP) is 4.90. The average molecular weight is 450 g/mol. The molecule has 7 heteroatoms. The molecule has 1 aliphatic heterocycles. The van der Waals surface area contributed by atoms with Crippen molar-refractivity contribution in [3.63, 3.8) is 0 Å². The molecule has 0 unspecified atom stereocenters. The van der Waals surface area contributed by atoms with Crippen LogP contribution in [0.25, 0.3) is 5.69 Å². The van der Waals surface area contributed by atoms with E-state index in [1.807, 2.05) is 73.3 Å². The summed E-state index contributed by atoms with van der Waals surface area (Å²) in [5.41, 5.74) is 2.55. The van der Waals surface area contributed by atoms with Gasteiger partial charge in [-0.2, -0.15) is 5.10 Å². The first kappa shape index (κ1) is 22.9. The molecule has 7 nitrogen and oxygen atoms in total. The normalized spacial score (nSPS) is 15.4. The minimum absolute atomic E-state index is 0.0727. The van der Waals surface area contributed by atoms with Gasteiger partial charge in [-0.05, 0) is 44.0 Å². The zero-order chi connectivity index (χ0) is 23.2. The number of hydrogen-bond donors (Lipinski definition) is 0. The van der Waals surface area contributed by atoms with Crippen molar-refractivity contribution >= 4 is 5.91 Å². The second kappa shape index (κ2) is 10.5. The number of nitrogens with zero attached hydrogens (tertiary/aromatic N) is 3. The van der Waals surface area contributed by atoms with Crippen molar-refractivity contribution < 1.29 is 19.0 Å². The van der Waals surface area contributed by atoms with Crippen LogP contribution in [0.5, 0.6) is 17.4 Å². The highest BCUT2D eigenvalue weighted by Gasteiger charge is 2.27. The van der Waals surface area contributed by atoms with Crippen LogP contribution in [0.3, 0.4) is 0 Å². The number of benzene rings is 2. The number of carbonyl (C=O) groups excluding carboxylic acids is 1. The van der Waals surface area contributed by atoms with E-state index in [-0.39, 0.29) is 12.0 Å². The van der Waals surface area contributed by atoms with Crippen LogP contribution in [-0.4, -0.2) is 47.0 Å². The molecule has 0 saturated carbocycles. The van der Waals surface area contributed by atoms with Crippen molar-refractivity contribution in [3.8, 4) is 23.1 Å². The lowest BCUT2D eigenvalue weighted by atomic mass is 10.1. The van der Waals surface area contributed by atoms with Gasteiger partial charge in [0.1, 0.15) is 0 Å². The van der Waals surface area contributed by atoms with Crippen LogP contribution < -0.4 is 9.47 Å². The van der Waals surface area contributed by atoms with Crippen LogP contribution >= 0.6 is 0 Å². The summed E-state index contributed by atoms with van der Waals surface area (Å²) < 4.78 is 19.5. The Balaban J connectivity index is 1.74. The molecule has 3 aromatic rings. The molecule has 1 aliphatic rings. The summed E-state index contributed by atoms with van der Waals surface area (Å²) in [6.07, 6.45) is 2.51. The van der Waals surface area contributed by atoms with E-state index in [1.54, 1.807) is 11.8 Å². The maximum absolute atomic E-state index is 12.8. The third-order valence-corrected chi connectivity index (χ3v) is 5.87. The standard InChI is InChI=1S/C26H31N3O4/c1-4-25(30)28(17-21-13-10-16-32-21)18-22-19(2)27-29(20-11-6-5-7-12-20)26(22)33-24-15-9-8-14-23(24)31-3/h5-9,11-12,14-15,21H,4,10,13,16-18H2,1-3H3/t21-/m1/s1. The fourth-order valence-corrected chi connectivity index (χ4v) is 4.08. The molecular formula is C26H31N3O4. The molecular weight excluding hydrogens is 418 g/mol.